The fourth-order valence-corrected chi connectivity index (χ4v) is 1.42. The Labute approximate surface area is 106 Å². The lowest BCUT2D eigenvalue weighted by Gasteiger charge is -2.24. The fraction of sp³-hybridized carbons (Fsp3) is 0.818. The maximum absolute atomic E-state index is 11.8. The van der Waals surface area contributed by atoms with Crippen LogP contribution in [0.1, 0.15) is 33.6 Å². The first-order valence-electron chi connectivity index (χ1n) is 5.88. The van der Waals surface area contributed by atoms with Crippen LogP contribution in [0.2, 0.25) is 0 Å². The number of ether oxygens (including phenoxy) is 2. The molecule has 0 rings (SSSR count). The summed E-state index contributed by atoms with van der Waals surface area (Å²) in [7, 11) is 0. The summed E-state index contributed by atoms with van der Waals surface area (Å²) >= 11 is 0. The molecule has 0 heterocycles. The summed E-state index contributed by atoms with van der Waals surface area (Å²) in [6, 6.07) is 0. The van der Waals surface area contributed by atoms with Crippen molar-refractivity contribution >= 4 is 11.9 Å². The van der Waals surface area contributed by atoms with Crippen LogP contribution in [0.3, 0.4) is 0 Å². The molecule has 7 nitrogen and oxygen atoms in total. The smallest absolute Gasteiger partial charge is 0.323 e. The molecule has 0 N–H and O–H groups in total. The number of esters is 2. The maximum atomic E-state index is 11.8. The van der Waals surface area contributed by atoms with Crippen molar-refractivity contribution in [3.8, 4) is 0 Å². The van der Waals surface area contributed by atoms with Crippen molar-refractivity contribution in [3.05, 3.63) is 10.4 Å². The van der Waals surface area contributed by atoms with Gasteiger partial charge in [-0.15, -0.1) is 0 Å². The highest BCUT2D eigenvalue weighted by molar-refractivity contribution is 5.99. The molecule has 0 aliphatic carbocycles. The third kappa shape index (κ3) is 4.63. The predicted octanol–water partition coefficient (Wildman–Crippen LogP) is 2.21. The van der Waals surface area contributed by atoms with Crippen LogP contribution in [0.25, 0.3) is 10.4 Å². The molecule has 0 aromatic carbocycles. The summed E-state index contributed by atoms with van der Waals surface area (Å²) in [6.45, 7) is 5.45. The van der Waals surface area contributed by atoms with Crippen LogP contribution >= 0.6 is 0 Å². The molecular weight excluding hydrogens is 238 g/mol. The molecule has 0 saturated carbocycles. The van der Waals surface area contributed by atoms with Gasteiger partial charge >= 0.3 is 11.9 Å². The van der Waals surface area contributed by atoms with E-state index in [1.165, 1.54) is 6.92 Å². The number of carbonyl (C=O) groups is 2. The van der Waals surface area contributed by atoms with E-state index >= 15 is 0 Å². The minimum Gasteiger partial charge on any atom is -0.465 e. The Morgan fingerprint density at radius 3 is 2.11 bits per heavy atom. The Bertz CT molecular complexity index is 319. The Morgan fingerprint density at radius 2 is 1.72 bits per heavy atom. The van der Waals surface area contributed by atoms with Crippen LogP contribution in [-0.4, -0.2) is 31.7 Å². The first-order valence-corrected chi connectivity index (χ1v) is 5.88. The number of hydrogen-bond acceptors (Lipinski definition) is 5. The Balaban J connectivity index is 4.73. The molecule has 7 heteroatoms. The highest BCUT2D eigenvalue weighted by atomic mass is 16.6. The molecule has 0 unspecified atom stereocenters. The number of azide groups is 1. The van der Waals surface area contributed by atoms with Crippen LogP contribution in [0, 0.1) is 5.41 Å². The molecule has 102 valence electrons. The summed E-state index contributed by atoms with van der Waals surface area (Å²) in [5, 5.41) is 3.36. The molecule has 0 aliphatic heterocycles. The lowest BCUT2D eigenvalue weighted by atomic mass is 9.85. The second kappa shape index (κ2) is 8.36. The number of carbonyl (C=O) groups excluding carboxylic acids is 2. The number of nitrogens with zero attached hydrogens (tertiary/aromatic N) is 3. The van der Waals surface area contributed by atoms with Gasteiger partial charge in [0.25, 0.3) is 0 Å². The first kappa shape index (κ1) is 16.2. The topological polar surface area (TPSA) is 101 Å². The van der Waals surface area contributed by atoms with Crippen LogP contribution in [0.5, 0.6) is 0 Å². The summed E-state index contributed by atoms with van der Waals surface area (Å²) in [5.41, 5.74) is 6.82. The summed E-state index contributed by atoms with van der Waals surface area (Å²) in [5.74, 6) is -1.21. The zero-order chi connectivity index (χ0) is 14.0. The molecule has 0 aromatic rings. The Hall–Kier alpha value is -1.75. The summed E-state index contributed by atoms with van der Waals surface area (Å²) in [6.07, 6.45) is 0.641. The van der Waals surface area contributed by atoms with E-state index < -0.39 is 17.4 Å². The molecule has 18 heavy (non-hydrogen) atoms. The van der Waals surface area contributed by atoms with Crippen LogP contribution < -0.4 is 0 Å². The van der Waals surface area contributed by atoms with Crippen molar-refractivity contribution in [3.63, 3.8) is 0 Å². The van der Waals surface area contributed by atoms with Gasteiger partial charge in [-0.05, 0) is 39.1 Å². The van der Waals surface area contributed by atoms with E-state index in [1.54, 1.807) is 13.8 Å². The normalized spacial score (nSPS) is 10.4. The molecule has 0 bridgehead atoms. The second-order valence-corrected chi connectivity index (χ2v) is 3.83. The van der Waals surface area contributed by atoms with Gasteiger partial charge in [0, 0.05) is 11.5 Å². The number of rotatable bonds is 8. The summed E-state index contributed by atoms with van der Waals surface area (Å²) < 4.78 is 9.78. The molecule has 0 radical (unpaired) electrons. The lowest BCUT2D eigenvalue weighted by molar-refractivity contribution is -0.171. The van der Waals surface area contributed by atoms with Crippen LogP contribution in [-0.2, 0) is 19.1 Å². The molecule has 0 amide bonds. The van der Waals surface area contributed by atoms with Crippen molar-refractivity contribution in [1.82, 2.24) is 0 Å². The molecule has 0 fully saturated rings. The van der Waals surface area contributed by atoms with Crippen LogP contribution in [0.4, 0.5) is 0 Å². The lowest BCUT2D eigenvalue weighted by Crippen LogP contribution is -2.39. The van der Waals surface area contributed by atoms with Gasteiger partial charge in [0.1, 0.15) is 0 Å². The quantitative estimate of drug-likeness (QED) is 0.166. The molecular formula is C11H19N3O4. The van der Waals surface area contributed by atoms with Gasteiger partial charge in [-0.25, -0.2) is 0 Å². The average Bonchev–Trinajstić information content (AvgIpc) is 2.35. The van der Waals surface area contributed by atoms with E-state index in [0.717, 1.165) is 0 Å². The van der Waals surface area contributed by atoms with Gasteiger partial charge in [-0.3, -0.25) is 9.59 Å². The monoisotopic (exact) mass is 257 g/mol. The maximum Gasteiger partial charge on any atom is 0.323 e. The van der Waals surface area contributed by atoms with E-state index in [4.69, 9.17) is 15.0 Å². The average molecular weight is 257 g/mol. The zero-order valence-electron chi connectivity index (χ0n) is 11.0. The molecule has 0 aromatic heterocycles. The van der Waals surface area contributed by atoms with Gasteiger partial charge < -0.3 is 9.47 Å². The van der Waals surface area contributed by atoms with Gasteiger partial charge in [-0.2, -0.15) is 0 Å². The van der Waals surface area contributed by atoms with Crippen molar-refractivity contribution < 1.29 is 19.1 Å². The second-order valence-electron chi connectivity index (χ2n) is 3.83. The Morgan fingerprint density at radius 1 is 1.22 bits per heavy atom. The van der Waals surface area contributed by atoms with Gasteiger partial charge in [0.2, 0.25) is 0 Å². The van der Waals surface area contributed by atoms with Gasteiger partial charge in [0.05, 0.1) is 13.2 Å². The van der Waals surface area contributed by atoms with Gasteiger partial charge in [0.15, 0.2) is 5.41 Å². The zero-order valence-corrected chi connectivity index (χ0v) is 11.0. The minimum atomic E-state index is -1.34. The summed E-state index contributed by atoms with van der Waals surface area (Å²) in [4.78, 5) is 26.2. The molecule has 0 saturated heterocycles. The third-order valence-electron chi connectivity index (χ3n) is 2.45. The largest absolute Gasteiger partial charge is 0.465 e. The van der Waals surface area contributed by atoms with E-state index in [9.17, 15) is 9.59 Å². The number of hydrogen-bond donors (Lipinski definition) is 0. The fourth-order valence-electron chi connectivity index (χ4n) is 1.42. The van der Waals surface area contributed by atoms with Crippen LogP contribution in [0.15, 0.2) is 5.11 Å². The van der Waals surface area contributed by atoms with E-state index in [-0.39, 0.29) is 26.2 Å². The highest BCUT2D eigenvalue weighted by Gasteiger charge is 2.43. The van der Waals surface area contributed by atoms with Crippen molar-refractivity contribution in [1.29, 1.82) is 0 Å². The molecule has 0 atom stereocenters. The standard InChI is InChI=1S/C11H19N3O4/c1-4-17-9(15)11(3,10(16)18-5-2)7-6-8-13-14-12/h4-8H2,1-3H3. The Kier molecular flexibility index (Phi) is 7.54. The van der Waals surface area contributed by atoms with E-state index in [0.29, 0.717) is 6.42 Å². The molecule has 0 aliphatic rings. The third-order valence-corrected chi connectivity index (χ3v) is 2.45. The van der Waals surface area contributed by atoms with E-state index in [2.05, 4.69) is 10.0 Å². The minimum absolute atomic E-state index is 0.199. The van der Waals surface area contributed by atoms with E-state index in [1.807, 2.05) is 0 Å². The van der Waals surface area contributed by atoms with Crippen molar-refractivity contribution in [2.45, 2.75) is 33.6 Å². The highest BCUT2D eigenvalue weighted by Crippen LogP contribution is 2.27. The molecule has 0 spiro atoms. The van der Waals surface area contributed by atoms with Crippen molar-refractivity contribution in [2.24, 2.45) is 10.5 Å². The van der Waals surface area contributed by atoms with Gasteiger partial charge in [-0.1, -0.05) is 5.11 Å². The first-order chi connectivity index (χ1) is 8.52. The van der Waals surface area contributed by atoms with Crippen molar-refractivity contribution in [2.75, 3.05) is 19.8 Å². The SMILES string of the molecule is CCOC(=O)C(C)(CCCN=[N+]=[N-])C(=O)OCC. The predicted molar refractivity (Wildman–Crippen MR) is 64.6 cm³/mol.